The van der Waals surface area contributed by atoms with Crippen molar-refractivity contribution < 1.29 is 24.2 Å². The average Bonchev–Trinajstić information content (AvgIpc) is 2.68. The van der Waals surface area contributed by atoms with Crippen molar-refractivity contribution >= 4 is 11.5 Å². The third-order valence-electron chi connectivity index (χ3n) is 4.75. The van der Waals surface area contributed by atoms with Crippen LogP contribution in [0, 0.1) is 10.1 Å². The molecule has 2 heterocycles. The highest BCUT2D eigenvalue weighted by Gasteiger charge is 2.50. The molecule has 0 saturated heterocycles. The van der Waals surface area contributed by atoms with Crippen LogP contribution in [0.1, 0.15) is 11.6 Å². The predicted molar refractivity (Wildman–Crippen MR) is 102 cm³/mol. The highest BCUT2D eigenvalue weighted by molar-refractivity contribution is 5.51. The summed E-state index contributed by atoms with van der Waals surface area (Å²) in [6, 6.07) is 6.09. The number of aliphatic hydroxyl groups excluding tert-OH is 1. The zero-order valence-electron chi connectivity index (χ0n) is 16.2. The Bertz CT molecular complexity index is 955. The van der Waals surface area contributed by atoms with Crippen molar-refractivity contribution in [2.75, 3.05) is 32.8 Å². The van der Waals surface area contributed by atoms with Crippen LogP contribution >= 0.6 is 0 Å². The number of aromatic nitrogens is 2. The SMILES string of the molecule is COCC1(COC)Oc2ccc([N+](=O)[O-])cc2[C@@H](Nc2ccc(=O)n(C)n2)[C@@H]1O. The summed E-state index contributed by atoms with van der Waals surface area (Å²) in [7, 11) is 4.43. The van der Waals surface area contributed by atoms with Crippen LogP contribution in [-0.2, 0) is 16.5 Å². The van der Waals surface area contributed by atoms with E-state index >= 15 is 0 Å². The Kier molecular flexibility index (Phi) is 5.82. The van der Waals surface area contributed by atoms with Gasteiger partial charge in [-0.15, -0.1) is 0 Å². The van der Waals surface area contributed by atoms with Crippen LogP contribution in [0.3, 0.4) is 0 Å². The number of rotatable bonds is 7. The molecule has 29 heavy (non-hydrogen) atoms. The molecule has 0 radical (unpaired) electrons. The maximum absolute atomic E-state index is 11.6. The number of non-ortho nitro benzene ring substituents is 1. The molecule has 3 rings (SSSR count). The Morgan fingerprint density at radius 2 is 2.00 bits per heavy atom. The van der Waals surface area contributed by atoms with Crippen LogP contribution in [-0.4, -0.2) is 58.9 Å². The van der Waals surface area contributed by atoms with E-state index in [0.717, 1.165) is 4.68 Å². The number of aryl methyl sites for hydroxylation is 1. The third kappa shape index (κ3) is 3.92. The molecule has 0 saturated carbocycles. The highest BCUT2D eigenvalue weighted by atomic mass is 16.6. The van der Waals surface area contributed by atoms with E-state index < -0.39 is 22.7 Å². The average molecular weight is 406 g/mol. The van der Waals surface area contributed by atoms with E-state index in [1.807, 2.05) is 0 Å². The van der Waals surface area contributed by atoms with Gasteiger partial charge in [0.05, 0.1) is 24.2 Å². The lowest BCUT2D eigenvalue weighted by Gasteiger charge is -2.45. The van der Waals surface area contributed by atoms with Gasteiger partial charge in [0.15, 0.2) is 5.60 Å². The van der Waals surface area contributed by atoms with Gasteiger partial charge in [-0.1, -0.05) is 0 Å². The first kappa shape index (κ1) is 20.7. The second-order valence-electron chi connectivity index (χ2n) is 6.76. The molecule has 1 aromatic carbocycles. The molecule has 1 aliphatic rings. The van der Waals surface area contributed by atoms with Gasteiger partial charge in [-0.2, -0.15) is 5.10 Å². The molecule has 11 heteroatoms. The molecule has 0 bridgehead atoms. The molecule has 1 aromatic heterocycles. The Hall–Kier alpha value is -3.02. The molecule has 2 N–H and O–H groups in total. The lowest BCUT2D eigenvalue weighted by Crippen LogP contribution is -2.60. The summed E-state index contributed by atoms with van der Waals surface area (Å²) in [6.45, 7) is 0.0225. The van der Waals surface area contributed by atoms with Crippen molar-refractivity contribution in [3.05, 3.63) is 56.4 Å². The highest BCUT2D eigenvalue weighted by Crippen LogP contribution is 2.43. The van der Waals surface area contributed by atoms with Gasteiger partial charge in [-0.05, 0) is 12.1 Å². The van der Waals surface area contributed by atoms with Crippen LogP contribution < -0.4 is 15.6 Å². The number of fused-ring (bicyclic) bond motifs is 1. The number of benzene rings is 1. The van der Waals surface area contributed by atoms with Gasteiger partial charge in [-0.3, -0.25) is 14.9 Å². The van der Waals surface area contributed by atoms with Crippen molar-refractivity contribution in [3.63, 3.8) is 0 Å². The number of methoxy groups -OCH3 is 2. The van der Waals surface area contributed by atoms with Gasteiger partial charge < -0.3 is 24.6 Å². The molecule has 0 amide bonds. The smallest absolute Gasteiger partial charge is 0.270 e. The number of aliphatic hydroxyl groups is 1. The number of hydrogen-bond acceptors (Lipinski definition) is 9. The van der Waals surface area contributed by atoms with Crippen LogP contribution in [0.4, 0.5) is 11.5 Å². The normalized spacial score (nSPS) is 19.9. The lowest BCUT2D eigenvalue weighted by atomic mass is 9.84. The third-order valence-corrected chi connectivity index (χ3v) is 4.75. The molecule has 0 spiro atoms. The molecular formula is C18H22N4O7. The van der Waals surface area contributed by atoms with Gasteiger partial charge in [0.2, 0.25) is 0 Å². The second-order valence-corrected chi connectivity index (χ2v) is 6.76. The number of nitro benzene ring substituents is 1. The number of anilines is 1. The second kappa shape index (κ2) is 8.15. The summed E-state index contributed by atoms with van der Waals surface area (Å²) in [5.74, 6) is 0.650. The fraction of sp³-hybridized carbons (Fsp3) is 0.444. The topological polar surface area (TPSA) is 138 Å². The first-order chi connectivity index (χ1) is 13.8. The summed E-state index contributed by atoms with van der Waals surface area (Å²) in [5.41, 5.74) is -1.33. The standard InChI is InChI=1S/C18H22N4O7/c1-21-15(23)7-6-14(20-21)19-16-12-8-11(22(25)26)4-5-13(12)29-18(9-27-2,10-28-3)17(16)24/h4-8,16-17,24H,9-10H2,1-3H3,(H,19,20)/t16-,17+/m1/s1. The fourth-order valence-electron chi connectivity index (χ4n) is 3.39. The minimum atomic E-state index is -1.26. The predicted octanol–water partition coefficient (Wildman–Crippen LogP) is 0.627. The van der Waals surface area contributed by atoms with Crippen LogP contribution in [0.25, 0.3) is 0 Å². The van der Waals surface area contributed by atoms with Gasteiger partial charge in [0.1, 0.15) is 17.7 Å². The number of nitrogens with zero attached hydrogens (tertiary/aromatic N) is 3. The molecule has 0 unspecified atom stereocenters. The Labute approximate surface area is 166 Å². The molecule has 2 aromatic rings. The number of nitrogens with one attached hydrogen (secondary N) is 1. The Morgan fingerprint density at radius 3 is 2.59 bits per heavy atom. The van der Waals surface area contributed by atoms with Gasteiger partial charge in [-0.25, -0.2) is 4.68 Å². The van der Waals surface area contributed by atoms with Crippen molar-refractivity contribution in [1.29, 1.82) is 0 Å². The Morgan fingerprint density at radius 1 is 1.31 bits per heavy atom. The summed E-state index contributed by atoms with van der Waals surface area (Å²) in [6.07, 6.45) is -1.21. The van der Waals surface area contributed by atoms with Crippen molar-refractivity contribution in [1.82, 2.24) is 9.78 Å². The van der Waals surface area contributed by atoms with Crippen LogP contribution in [0.15, 0.2) is 35.1 Å². The number of hydrogen-bond donors (Lipinski definition) is 2. The lowest BCUT2D eigenvalue weighted by molar-refractivity contribution is -0.385. The van der Waals surface area contributed by atoms with Crippen molar-refractivity contribution in [2.24, 2.45) is 7.05 Å². The van der Waals surface area contributed by atoms with E-state index in [1.165, 1.54) is 51.6 Å². The quantitative estimate of drug-likeness (QED) is 0.501. The maximum Gasteiger partial charge on any atom is 0.270 e. The van der Waals surface area contributed by atoms with Crippen LogP contribution in [0.5, 0.6) is 5.75 Å². The number of ether oxygens (including phenoxy) is 3. The largest absolute Gasteiger partial charge is 0.479 e. The minimum absolute atomic E-state index is 0.0112. The van der Waals surface area contributed by atoms with E-state index in [4.69, 9.17) is 14.2 Å². The summed E-state index contributed by atoms with van der Waals surface area (Å²) in [5, 5.41) is 29.6. The van der Waals surface area contributed by atoms with E-state index in [9.17, 15) is 20.0 Å². The van der Waals surface area contributed by atoms with Gasteiger partial charge in [0.25, 0.3) is 11.2 Å². The number of nitro groups is 1. The molecule has 2 atom stereocenters. The van der Waals surface area contributed by atoms with E-state index in [-0.39, 0.29) is 24.5 Å². The van der Waals surface area contributed by atoms with Gasteiger partial charge >= 0.3 is 0 Å². The minimum Gasteiger partial charge on any atom is -0.479 e. The molecule has 1 aliphatic heterocycles. The van der Waals surface area contributed by atoms with Gasteiger partial charge in [0, 0.05) is 45.0 Å². The molecule has 156 valence electrons. The van der Waals surface area contributed by atoms with Crippen LogP contribution in [0.2, 0.25) is 0 Å². The fourth-order valence-corrected chi connectivity index (χ4v) is 3.39. The molecular weight excluding hydrogens is 384 g/mol. The summed E-state index contributed by atoms with van der Waals surface area (Å²) >= 11 is 0. The zero-order chi connectivity index (χ0) is 21.2. The first-order valence-corrected chi connectivity index (χ1v) is 8.75. The Balaban J connectivity index is 2.11. The summed E-state index contributed by atoms with van der Waals surface area (Å²) < 4.78 is 17.7. The first-order valence-electron chi connectivity index (χ1n) is 8.75. The van der Waals surface area contributed by atoms with E-state index in [2.05, 4.69) is 10.4 Å². The maximum atomic E-state index is 11.6. The van der Waals surface area contributed by atoms with Crippen molar-refractivity contribution in [3.8, 4) is 5.75 Å². The monoisotopic (exact) mass is 406 g/mol. The molecule has 0 fully saturated rings. The molecule has 11 nitrogen and oxygen atoms in total. The van der Waals surface area contributed by atoms with E-state index in [0.29, 0.717) is 17.1 Å². The molecule has 0 aliphatic carbocycles. The van der Waals surface area contributed by atoms with E-state index in [1.54, 1.807) is 0 Å². The zero-order valence-corrected chi connectivity index (χ0v) is 16.2. The summed E-state index contributed by atoms with van der Waals surface area (Å²) in [4.78, 5) is 22.3. The van der Waals surface area contributed by atoms with Crippen molar-refractivity contribution in [2.45, 2.75) is 17.7 Å².